The van der Waals surface area contributed by atoms with E-state index in [0.29, 0.717) is 5.69 Å². The van der Waals surface area contributed by atoms with Gasteiger partial charge >= 0.3 is 0 Å². The first-order valence-electron chi connectivity index (χ1n) is 8.60. The predicted octanol–water partition coefficient (Wildman–Crippen LogP) is 3.03. The van der Waals surface area contributed by atoms with Crippen molar-refractivity contribution in [3.8, 4) is 5.69 Å². The van der Waals surface area contributed by atoms with Crippen LogP contribution in [0.3, 0.4) is 0 Å². The normalized spacial score (nSPS) is 19.2. The molecule has 1 aromatic heterocycles. The van der Waals surface area contributed by atoms with Gasteiger partial charge in [0.2, 0.25) is 0 Å². The molecule has 1 unspecified atom stereocenters. The van der Waals surface area contributed by atoms with Gasteiger partial charge in [0.1, 0.15) is 0 Å². The molecule has 4 rings (SSSR count). The second-order valence-electron chi connectivity index (χ2n) is 6.54. The van der Waals surface area contributed by atoms with Gasteiger partial charge in [-0.25, -0.2) is 4.68 Å². The molecule has 2 heterocycles. The molecule has 2 aliphatic rings. The molecule has 0 spiro atoms. The summed E-state index contributed by atoms with van der Waals surface area (Å²) in [6.07, 6.45) is 5.15. The Balaban J connectivity index is 0.00000182. The van der Waals surface area contributed by atoms with E-state index in [1.807, 2.05) is 28.9 Å². The summed E-state index contributed by atoms with van der Waals surface area (Å²) in [6.45, 7) is 1.89. The molecule has 2 N–H and O–H groups in total. The van der Waals surface area contributed by atoms with Crippen molar-refractivity contribution in [3.05, 3.63) is 45.7 Å². The molecule has 1 fully saturated rings. The van der Waals surface area contributed by atoms with Gasteiger partial charge < -0.3 is 10.6 Å². The number of amides is 1. The Kier molecular flexibility index (Phi) is 5.81. The Morgan fingerprint density at radius 3 is 2.96 bits per heavy atom. The van der Waals surface area contributed by atoms with Gasteiger partial charge in [-0.05, 0) is 56.8 Å². The van der Waals surface area contributed by atoms with E-state index in [0.717, 1.165) is 60.9 Å². The zero-order valence-corrected chi connectivity index (χ0v) is 16.3. The third-order valence-electron chi connectivity index (χ3n) is 4.83. The minimum atomic E-state index is -0.0319. The summed E-state index contributed by atoms with van der Waals surface area (Å²) in [5.41, 5.74) is 3.91. The quantitative estimate of drug-likeness (QED) is 0.795. The van der Waals surface area contributed by atoms with Crippen LogP contribution in [-0.4, -0.2) is 34.8 Å². The number of aromatic nitrogens is 2. The maximum Gasteiger partial charge on any atom is 0.272 e. The van der Waals surface area contributed by atoms with E-state index in [-0.39, 0.29) is 24.4 Å². The molecule has 134 valence electrons. The number of nitrogens with zero attached hydrogens (tertiary/aromatic N) is 2. The summed E-state index contributed by atoms with van der Waals surface area (Å²) >= 11 is 3.51. The third kappa shape index (κ3) is 3.76. The Hall–Kier alpha value is -1.37. The standard InChI is InChI=1S/C18H21BrN4O.ClH/c19-12-4-1-6-14(10-12)23-16-8-2-7-15(16)17(22-23)18(24)21-13-5-3-9-20-11-13;/h1,4,6,10,13,20H,2-3,5,7-9,11H2,(H,21,24);1H. The summed E-state index contributed by atoms with van der Waals surface area (Å²) in [5.74, 6) is -0.0319. The first-order valence-corrected chi connectivity index (χ1v) is 9.40. The number of nitrogens with one attached hydrogen (secondary N) is 2. The number of fused-ring (bicyclic) bond motifs is 1. The molecule has 0 saturated carbocycles. The van der Waals surface area contributed by atoms with Crippen molar-refractivity contribution in [2.75, 3.05) is 13.1 Å². The van der Waals surface area contributed by atoms with E-state index >= 15 is 0 Å². The van der Waals surface area contributed by atoms with Crippen LogP contribution in [0, 0.1) is 0 Å². The highest BCUT2D eigenvalue weighted by Gasteiger charge is 2.28. The Morgan fingerprint density at radius 2 is 2.20 bits per heavy atom. The van der Waals surface area contributed by atoms with Crippen molar-refractivity contribution in [2.45, 2.75) is 38.1 Å². The van der Waals surface area contributed by atoms with Crippen molar-refractivity contribution in [1.82, 2.24) is 20.4 Å². The van der Waals surface area contributed by atoms with Crippen LogP contribution in [-0.2, 0) is 12.8 Å². The summed E-state index contributed by atoms with van der Waals surface area (Å²) in [6, 6.07) is 8.27. The van der Waals surface area contributed by atoms with Gasteiger partial charge in [0.25, 0.3) is 5.91 Å². The van der Waals surface area contributed by atoms with Crippen molar-refractivity contribution in [1.29, 1.82) is 0 Å². The van der Waals surface area contributed by atoms with Crippen LogP contribution in [0.5, 0.6) is 0 Å². The van der Waals surface area contributed by atoms with Gasteiger partial charge in [-0.3, -0.25) is 4.79 Å². The third-order valence-corrected chi connectivity index (χ3v) is 5.32. The molecule has 1 aliphatic heterocycles. The number of piperidine rings is 1. The van der Waals surface area contributed by atoms with Gasteiger partial charge in [0.15, 0.2) is 5.69 Å². The number of benzene rings is 1. The van der Waals surface area contributed by atoms with Crippen molar-refractivity contribution < 1.29 is 4.79 Å². The van der Waals surface area contributed by atoms with Crippen LogP contribution in [0.2, 0.25) is 0 Å². The number of hydrogen-bond acceptors (Lipinski definition) is 3. The molecule has 1 saturated heterocycles. The lowest BCUT2D eigenvalue weighted by molar-refractivity contribution is 0.0924. The minimum Gasteiger partial charge on any atom is -0.347 e. The lowest BCUT2D eigenvalue weighted by Gasteiger charge is -2.23. The molecule has 2 aromatic rings. The molecular weight excluding hydrogens is 404 g/mol. The van der Waals surface area contributed by atoms with Crippen molar-refractivity contribution in [3.63, 3.8) is 0 Å². The SMILES string of the molecule is Cl.O=C(NC1CCCNC1)c1nn(-c2cccc(Br)c2)c2c1CCC2. The fraction of sp³-hybridized carbons (Fsp3) is 0.444. The van der Waals surface area contributed by atoms with Crippen LogP contribution >= 0.6 is 28.3 Å². The number of rotatable bonds is 3. The van der Waals surface area contributed by atoms with E-state index in [1.165, 1.54) is 5.69 Å². The molecule has 0 radical (unpaired) electrons. The molecule has 1 aromatic carbocycles. The van der Waals surface area contributed by atoms with Crippen LogP contribution in [0.25, 0.3) is 5.69 Å². The molecule has 1 amide bonds. The van der Waals surface area contributed by atoms with Crippen LogP contribution in [0.1, 0.15) is 41.0 Å². The topological polar surface area (TPSA) is 59.0 Å². The molecule has 25 heavy (non-hydrogen) atoms. The fourth-order valence-electron chi connectivity index (χ4n) is 3.67. The molecular formula is C18H22BrClN4O. The molecule has 5 nitrogen and oxygen atoms in total. The first kappa shape index (κ1) is 18.4. The maximum absolute atomic E-state index is 12.8. The van der Waals surface area contributed by atoms with Crippen molar-refractivity contribution in [2.24, 2.45) is 0 Å². The number of hydrogen-bond donors (Lipinski definition) is 2. The Labute approximate surface area is 162 Å². The number of carbonyl (C=O) groups is 1. The van der Waals surface area contributed by atoms with Crippen LogP contribution in [0.4, 0.5) is 0 Å². The number of carbonyl (C=O) groups excluding carboxylic acids is 1. The fourth-order valence-corrected chi connectivity index (χ4v) is 4.06. The highest BCUT2D eigenvalue weighted by molar-refractivity contribution is 9.10. The van der Waals surface area contributed by atoms with E-state index in [9.17, 15) is 4.79 Å². The van der Waals surface area contributed by atoms with E-state index in [4.69, 9.17) is 0 Å². The summed E-state index contributed by atoms with van der Waals surface area (Å²) in [5, 5.41) is 11.2. The molecule has 1 aliphatic carbocycles. The minimum absolute atomic E-state index is 0. The lowest BCUT2D eigenvalue weighted by Crippen LogP contribution is -2.45. The predicted molar refractivity (Wildman–Crippen MR) is 104 cm³/mol. The smallest absolute Gasteiger partial charge is 0.272 e. The lowest BCUT2D eigenvalue weighted by atomic mass is 10.1. The maximum atomic E-state index is 12.8. The van der Waals surface area contributed by atoms with E-state index in [1.54, 1.807) is 0 Å². The molecule has 0 bridgehead atoms. The van der Waals surface area contributed by atoms with E-state index < -0.39 is 0 Å². The summed E-state index contributed by atoms with van der Waals surface area (Å²) in [4.78, 5) is 12.8. The van der Waals surface area contributed by atoms with Gasteiger partial charge in [0.05, 0.1) is 5.69 Å². The van der Waals surface area contributed by atoms with Gasteiger partial charge in [0, 0.05) is 28.3 Å². The first-order chi connectivity index (χ1) is 11.7. The summed E-state index contributed by atoms with van der Waals surface area (Å²) in [7, 11) is 0. The zero-order chi connectivity index (χ0) is 16.5. The Bertz CT molecular complexity index is 770. The Morgan fingerprint density at radius 1 is 1.32 bits per heavy atom. The monoisotopic (exact) mass is 424 g/mol. The second-order valence-corrected chi connectivity index (χ2v) is 7.45. The van der Waals surface area contributed by atoms with Crippen LogP contribution in [0.15, 0.2) is 28.7 Å². The van der Waals surface area contributed by atoms with E-state index in [2.05, 4.69) is 31.7 Å². The second kappa shape index (κ2) is 7.89. The van der Waals surface area contributed by atoms with Gasteiger partial charge in [-0.1, -0.05) is 22.0 Å². The molecule has 7 heteroatoms. The summed E-state index contributed by atoms with van der Waals surface area (Å²) < 4.78 is 2.96. The van der Waals surface area contributed by atoms with Gasteiger partial charge in [-0.2, -0.15) is 5.10 Å². The average molecular weight is 426 g/mol. The largest absolute Gasteiger partial charge is 0.347 e. The van der Waals surface area contributed by atoms with Crippen LogP contribution < -0.4 is 10.6 Å². The average Bonchev–Trinajstić information content (AvgIpc) is 3.18. The molecule has 1 atom stereocenters. The zero-order valence-electron chi connectivity index (χ0n) is 13.9. The highest BCUT2D eigenvalue weighted by Crippen LogP contribution is 2.28. The van der Waals surface area contributed by atoms with Gasteiger partial charge in [-0.15, -0.1) is 12.4 Å². The van der Waals surface area contributed by atoms with Crippen molar-refractivity contribution >= 4 is 34.2 Å². The number of halogens is 2. The highest BCUT2D eigenvalue weighted by atomic mass is 79.9.